The topological polar surface area (TPSA) is 41.5 Å². The first-order valence-corrected chi connectivity index (χ1v) is 8.53. The molecule has 0 radical (unpaired) electrons. The number of methoxy groups -OCH3 is 1. The lowest BCUT2D eigenvalue weighted by atomic mass is 9.95. The van der Waals surface area contributed by atoms with Crippen LogP contribution in [-0.2, 0) is 16.8 Å². The Balaban J connectivity index is 2.28. The van der Waals surface area contributed by atoms with Crippen molar-refractivity contribution in [2.45, 2.75) is 64.6 Å². The number of nitrogens with zero attached hydrogens (tertiary/aromatic N) is 4. The molecule has 0 aliphatic carbocycles. The quantitative estimate of drug-likeness (QED) is 0.853. The van der Waals surface area contributed by atoms with Crippen molar-refractivity contribution in [1.82, 2.24) is 14.9 Å². The third-order valence-electron chi connectivity index (χ3n) is 4.82. The predicted octanol–water partition coefficient (Wildman–Crippen LogP) is 2.84. The van der Waals surface area contributed by atoms with Gasteiger partial charge < -0.3 is 14.5 Å². The van der Waals surface area contributed by atoms with Crippen LogP contribution in [0, 0.1) is 0 Å². The van der Waals surface area contributed by atoms with Gasteiger partial charge in [0.15, 0.2) is 0 Å². The van der Waals surface area contributed by atoms with Crippen LogP contribution in [0.15, 0.2) is 6.07 Å². The van der Waals surface area contributed by atoms with E-state index in [1.165, 1.54) is 12.8 Å². The normalized spacial score (nSPS) is 23.1. The highest BCUT2D eigenvalue weighted by atomic mass is 16.5. The fourth-order valence-electron chi connectivity index (χ4n) is 3.02. The van der Waals surface area contributed by atoms with Crippen molar-refractivity contribution >= 4 is 5.82 Å². The molecule has 2 unspecified atom stereocenters. The Bertz CT molecular complexity index is 526. The zero-order valence-electron chi connectivity index (χ0n) is 15.8. The lowest BCUT2D eigenvalue weighted by Gasteiger charge is -2.40. The van der Waals surface area contributed by atoms with Crippen molar-refractivity contribution in [3.8, 4) is 0 Å². The SMILES string of the molecule is COCc1cc(N(C)C2CCN(C)C(C)C2)nc(C(C)(C)C)n1. The summed E-state index contributed by atoms with van der Waals surface area (Å²) >= 11 is 0. The van der Waals surface area contributed by atoms with E-state index >= 15 is 0 Å². The predicted molar refractivity (Wildman–Crippen MR) is 95.0 cm³/mol. The monoisotopic (exact) mass is 320 g/mol. The Morgan fingerprint density at radius 2 is 2.04 bits per heavy atom. The average molecular weight is 320 g/mol. The molecule has 5 heteroatoms. The molecule has 1 saturated heterocycles. The molecule has 2 rings (SSSR count). The van der Waals surface area contributed by atoms with Crippen LogP contribution in [0.4, 0.5) is 5.82 Å². The molecule has 130 valence electrons. The molecule has 0 saturated carbocycles. The Morgan fingerprint density at radius 1 is 1.35 bits per heavy atom. The van der Waals surface area contributed by atoms with Gasteiger partial charge in [0.25, 0.3) is 0 Å². The molecule has 1 aromatic rings. The fourth-order valence-corrected chi connectivity index (χ4v) is 3.02. The van der Waals surface area contributed by atoms with E-state index in [4.69, 9.17) is 9.72 Å². The summed E-state index contributed by atoms with van der Waals surface area (Å²) in [6.45, 7) is 10.4. The van der Waals surface area contributed by atoms with Gasteiger partial charge in [-0.05, 0) is 26.8 Å². The van der Waals surface area contributed by atoms with Gasteiger partial charge in [-0.2, -0.15) is 0 Å². The minimum Gasteiger partial charge on any atom is -0.378 e. The summed E-state index contributed by atoms with van der Waals surface area (Å²) in [4.78, 5) is 14.3. The largest absolute Gasteiger partial charge is 0.378 e. The first kappa shape index (κ1) is 18.1. The van der Waals surface area contributed by atoms with Gasteiger partial charge >= 0.3 is 0 Å². The van der Waals surface area contributed by atoms with Gasteiger partial charge in [0.1, 0.15) is 11.6 Å². The van der Waals surface area contributed by atoms with Gasteiger partial charge in [0, 0.05) is 44.3 Å². The summed E-state index contributed by atoms with van der Waals surface area (Å²) in [5, 5.41) is 0. The van der Waals surface area contributed by atoms with Gasteiger partial charge in [-0.1, -0.05) is 20.8 Å². The van der Waals surface area contributed by atoms with E-state index < -0.39 is 0 Å². The highest BCUT2D eigenvalue weighted by Gasteiger charge is 2.27. The lowest BCUT2D eigenvalue weighted by molar-refractivity contribution is 0.179. The maximum Gasteiger partial charge on any atom is 0.136 e. The molecule has 23 heavy (non-hydrogen) atoms. The number of hydrogen-bond acceptors (Lipinski definition) is 5. The third kappa shape index (κ3) is 4.42. The summed E-state index contributed by atoms with van der Waals surface area (Å²) in [5.41, 5.74) is 0.884. The van der Waals surface area contributed by atoms with E-state index in [1.54, 1.807) is 7.11 Å². The molecule has 2 heterocycles. The van der Waals surface area contributed by atoms with Crippen LogP contribution in [-0.4, -0.2) is 54.7 Å². The summed E-state index contributed by atoms with van der Waals surface area (Å²) in [5.74, 6) is 1.90. The third-order valence-corrected chi connectivity index (χ3v) is 4.82. The molecule has 1 aromatic heterocycles. The lowest BCUT2D eigenvalue weighted by Crippen LogP contribution is -2.46. The first-order valence-electron chi connectivity index (χ1n) is 8.53. The average Bonchev–Trinajstić information content (AvgIpc) is 2.48. The van der Waals surface area contributed by atoms with Crippen LogP contribution >= 0.6 is 0 Å². The van der Waals surface area contributed by atoms with Crippen molar-refractivity contribution < 1.29 is 4.74 Å². The minimum atomic E-state index is -0.0700. The Kier molecular flexibility index (Phi) is 5.63. The van der Waals surface area contributed by atoms with Gasteiger partial charge in [0.2, 0.25) is 0 Å². The molecule has 1 aliphatic heterocycles. The standard InChI is InChI=1S/C18H32N4O/c1-13-10-15(8-9-21(13)5)22(6)16-11-14(12-23-7)19-17(20-16)18(2,3)4/h11,13,15H,8-10,12H2,1-7H3. The summed E-state index contributed by atoms with van der Waals surface area (Å²) in [7, 11) is 6.08. The first-order chi connectivity index (χ1) is 10.7. The molecular formula is C18H32N4O. The zero-order valence-corrected chi connectivity index (χ0v) is 15.8. The number of hydrogen-bond donors (Lipinski definition) is 0. The molecule has 0 spiro atoms. The minimum absolute atomic E-state index is 0.0700. The van der Waals surface area contributed by atoms with Crippen molar-refractivity contribution in [2.75, 3.05) is 32.6 Å². The Hall–Kier alpha value is -1.20. The second-order valence-corrected chi connectivity index (χ2v) is 7.84. The number of piperidine rings is 1. The van der Waals surface area contributed by atoms with Crippen molar-refractivity contribution in [3.63, 3.8) is 0 Å². The van der Waals surface area contributed by atoms with E-state index in [1.807, 2.05) is 0 Å². The molecule has 1 aliphatic rings. The Labute approximate surface area is 141 Å². The van der Waals surface area contributed by atoms with Crippen LogP contribution in [0.5, 0.6) is 0 Å². The summed E-state index contributed by atoms with van der Waals surface area (Å²) in [6.07, 6.45) is 2.34. The molecule has 0 aromatic carbocycles. The molecule has 2 atom stereocenters. The number of aromatic nitrogens is 2. The van der Waals surface area contributed by atoms with Gasteiger partial charge in [-0.25, -0.2) is 9.97 Å². The van der Waals surface area contributed by atoms with Gasteiger partial charge in [-0.3, -0.25) is 0 Å². The fraction of sp³-hybridized carbons (Fsp3) is 0.778. The van der Waals surface area contributed by atoms with E-state index in [0.717, 1.165) is 23.9 Å². The van der Waals surface area contributed by atoms with E-state index in [-0.39, 0.29) is 5.41 Å². The molecule has 0 bridgehead atoms. The number of likely N-dealkylation sites (tertiary alicyclic amines) is 1. The van der Waals surface area contributed by atoms with Crippen molar-refractivity contribution in [3.05, 3.63) is 17.6 Å². The molecule has 0 N–H and O–H groups in total. The van der Waals surface area contributed by atoms with Gasteiger partial charge in [0.05, 0.1) is 12.3 Å². The second-order valence-electron chi connectivity index (χ2n) is 7.84. The van der Waals surface area contributed by atoms with E-state index in [0.29, 0.717) is 18.7 Å². The zero-order chi connectivity index (χ0) is 17.2. The van der Waals surface area contributed by atoms with Crippen LogP contribution in [0.2, 0.25) is 0 Å². The smallest absolute Gasteiger partial charge is 0.136 e. The second kappa shape index (κ2) is 7.14. The van der Waals surface area contributed by atoms with E-state index in [2.05, 4.69) is 62.6 Å². The summed E-state index contributed by atoms with van der Waals surface area (Å²) < 4.78 is 5.29. The van der Waals surface area contributed by atoms with Crippen LogP contribution in [0.1, 0.15) is 52.1 Å². The van der Waals surface area contributed by atoms with Crippen molar-refractivity contribution in [2.24, 2.45) is 0 Å². The molecule has 1 fully saturated rings. The van der Waals surface area contributed by atoms with Crippen molar-refractivity contribution in [1.29, 1.82) is 0 Å². The number of anilines is 1. The highest BCUT2D eigenvalue weighted by molar-refractivity contribution is 5.41. The molecule has 5 nitrogen and oxygen atoms in total. The highest BCUT2D eigenvalue weighted by Crippen LogP contribution is 2.26. The molecular weight excluding hydrogens is 288 g/mol. The number of rotatable bonds is 4. The van der Waals surface area contributed by atoms with Crippen LogP contribution in [0.3, 0.4) is 0 Å². The molecule has 0 amide bonds. The summed E-state index contributed by atoms with van der Waals surface area (Å²) in [6, 6.07) is 3.21. The maximum atomic E-state index is 5.29. The van der Waals surface area contributed by atoms with Gasteiger partial charge in [-0.15, -0.1) is 0 Å². The van der Waals surface area contributed by atoms with E-state index in [9.17, 15) is 0 Å². The van der Waals surface area contributed by atoms with Crippen LogP contribution in [0.25, 0.3) is 0 Å². The van der Waals surface area contributed by atoms with Crippen LogP contribution < -0.4 is 4.90 Å². The number of ether oxygens (including phenoxy) is 1. The Morgan fingerprint density at radius 3 is 2.61 bits per heavy atom. The maximum absolute atomic E-state index is 5.29.